The van der Waals surface area contributed by atoms with Gasteiger partial charge in [0.1, 0.15) is 5.69 Å². The van der Waals surface area contributed by atoms with Gasteiger partial charge in [-0.25, -0.2) is 9.97 Å². The standard InChI is InChI=1S/C10H8ClN3/c1-7-2-3-8(14-6-7)9-10(11)13-5-4-12-9/h2-6H,1H3. The highest BCUT2D eigenvalue weighted by Crippen LogP contribution is 2.20. The first-order chi connectivity index (χ1) is 6.77. The first-order valence-electron chi connectivity index (χ1n) is 4.17. The fourth-order valence-electron chi connectivity index (χ4n) is 1.10. The molecule has 0 saturated carbocycles. The van der Waals surface area contributed by atoms with Crippen molar-refractivity contribution >= 4 is 11.6 Å². The van der Waals surface area contributed by atoms with Crippen molar-refractivity contribution in [3.05, 3.63) is 41.4 Å². The highest BCUT2D eigenvalue weighted by molar-refractivity contribution is 6.31. The molecule has 0 amide bonds. The fourth-order valence-corrected chi connectivity index (χ4v) is 1.30. The maximum absolute atomic E-state index is 5.88. The molecule has 2 heterocycles. The molecule has 0 fully saturated rings. The van der Waals surface area contributed by atoms with E-state index in [1.165, 1.54) is 0 Å². The predicted molar refractivity (Wildman–Crippen MR) is 55.0 cm³/mol. The molecular formula is C10H8ClN3. The van der Waals surface area contributed by atoms with Crippen LogP contribution in [0.4, 0.5) is 0 Å². The van der Waals surface area contributed by atoms with Gasteiger partial charge in [0.25, 0.3) is 0 Å². The van der Waals surface area contributed by atoms with E-state index in [2.05, 4.69) is 15.0 Å². The summed E-state index contributed by atoms with van der Waals surface area (Å²) in [6, 6.07) is 3.85. The third-order valence-corrected chi connectivity index (χ3v) is 2.08. The smallest absolute Gasteiger partial charge is 0.156 e. The van der Waals surface area contributed by atoms with Gasteiger partial charge in [-0.15, -0.1) is 0 Å². The van der Waals surface area contributed by atoms with Crippen molar-refractivity contribution in [2.75, 3.05) is 0 Å². The lowest BCUT2D eigenvalue weighted by Gasteiger charge is -2.00. The van der Waals surface area contributed by atoms with Gasteiger partial charge in [-0.3, -0.25) is 4.98 Å². The normalized spacial score (nSPS) is 10.1. The zero-order valence-corrected chi connectivity index (χ0v) is 8.36. The number of aryl methyl sites for hydroxylation is 1. The van der Waals surface area contributed by atoms with Crippen molar-refractivity contribution < 1.29 is 0 Å². The van der Waals surface area contributed by atoms with Gasteiger partial charge < -0.3 is 0 Å². The fraction of sp³-hybridized carbons (Fsp3) is 0.100. The van der Waals surface area contributed by atoms with E-state index in [0.717, 1.165) is 11.3 Å². The molecular weight excluding hydrogens is 198 g/mol. The number of hydrogen-bond acceptors (Lipinski definition) is 3. The second-order valence-corrected chi connectivity index (χ2v) is 3.27. The summed E-state index contributed by atoms with van der Waals surface area (Å²) in [6.45, 7) is 1.98. The summed E-state index contributed by atoms with van der Waals surface area (Å²) in [5.41, 5.74) is 2.47. The lowest BCUT2D eigenvalue weighted by atomic mass is 10.2. The van der Waals surface area contributed by atoms with Gasteiger partial charge in [-0.2, -0.15) is 0 Å². The molecule has 3 nitrogen and oxygen atoms in total. The molecule has 0 unspecified atom stereocenters. The summed E-state index contributed by atoms with van der Waals surface area (Å²) in [5.74, 6) is 0. The van der Waals surface area contributed by atoms with Gasteiger partial charge >= 0.3 is 0 Å². The molecule has 14 heavy (non-hydrogen) atoms. The number of hydrogen-bond donors (Lipinski definition) is 0. The van der Waals surface area contributed by atoms with Crippen molar-refractivity contribution in [2.45, 2.75) is 6.92 Å². The minimum atomic E-state index is 0.379. The Kier molecular flexibility index (Phi) is 2.41. The van der Waals surface area contributed by atoms with E-state index in [-0.39, 0.29) is 0 Å². The lowest BCUT2D eigenvalue weighted by Crippen LogP contribution is -1.90. The lowest BCUT2D eigenvalue weighted by molar-refractivity contribution is 1.17. The van der Waals surface area contributed by atoms with Crippen LogP contribution in [-0.4, -0.2) is 15.0 Å². The molecule has 0 spiro atoms. The summed E-state index contributed by atoms with van der Waals surface area (Å²) < 4.78 is 0. The van der Waals surface area contributed by atoms with Crippen LogP contribution in [-0.2, 0) is 0 Å². The Morgan fingerprint density at radius 3 is 2.50 bits per heavy atom. The summed E-state index contributed by atoms with van der Waals surface area (Å²) in [4.78, 5) is 12.3. The van der Waals surface area contributed by atoms with Crippen molar-refractivity contribution in [3.8, 4) is 11.4 Å². The third-order valence-electron chi connectivity index (χ3n) is 1.81. The zero-order valence-electron chi connectivity index (χ0n) is 7.61. The maximum Gasteiger partial charge on any atom is 0.156 e. The van der Waals surface area contributed by atoms with Gasteiger partial charge in [0.15, 0.2) is 5.15 Å². The topological polar surface area (TPSA) is 38.7 Å². The van der Waals surface area contributed by atoms with E-state index in [1.54, 1.807) is 18.6 Å². The predicted octanol–water partition coefficient (Wildman–Crippen LogP) is 2.50. The monoisotopic (exact) mass is 205 g/mol. The van der Waals surface area contributed by atoms with Crippen molar-refractivity contribution in [1.82, 2.24) is 15.0 Å². The number of rotatable bonds is 1. The number of aromatic nitrogens is 3. The molecule has 70 valence electrons. The van der Waals surface area contributed by atoms with E-state index >= 15 is 0 Å². The molecule has 0 aliphatic carbocycles. The Labute approximate surface area is 86.8 Å². The Balaban J connectivity index is 2.50. The molecule has 4 heteroatoms. The Morgan fingerprint density at radius 1 is 1.07 bits per heavy atom. The summed E-state index contributed by atoms with van der Waals surface area (Å²) >= 11 is 5.88. The minimum Gasteiger partial charge on any atom is -0.254 e. The van der Waals surface area contributed by atoms with E-state index in [4.69, 9.17) is 11.6 Å². The summed E-state index contributed by atoms with van der Waals surface area (Å²) in [6.07, 6.45) is 4.93. The molecule has 0 radical (unpaired) electrons. The molecule has 0 aliphatic rings. The zero-order chi connectivity index (χ0) is 9.97. The highest BCUT2D eigenvalue weighted by Gasteiger charge is 2.05. The van der Waals surface area contributed by atoms with E-state index in [0.29, 0.717) is 10.8 Å². The van der Waals surface area contributed by atoms with Gasteiger partial charge in [0, 0.05) is 18.6 Å². The van der Waals surface area contributed by atoms with E-state index in [1.807, 2.05) is 19.1 Å². The molecule has 0 saturated heterocycles. The number of pyridine rings is 1. The third kappa shape index (κ3) is 1.72. The number of nitrogens with zero attached hydrogens (tertiary/aromatic N) is 3. The van der Waals surface area contributed by atoms with E-state index < -0.39 is 0 Å². The van der Waals surface area contributed by atoms with Crippen LogP contribution in [0, 0.1) is 6.92 Å². The Morgan fingerprint density at radius 2 is 1.86 bits per heavy atom. The van der Waals surface area contributed by atoms with Crippen molar-refractivity contribution in [2.24, 2.45) is 0 Å². The Hall–Kier alpha value is -1.48. The van der Waals surface area contributed by atoms with Crippen LogP contribution in [0.3, 0.4) is 0 Å². The maximum atomic E-state index is 5.88. The van der Waals surface area contributed by atoms with Crippen LogP contribution in [0.25, 0.3) is 11.4 Å². The van der Waals surface area contributed by atoms with Crippen molar-refractivity contribution in [1.29, 1.82) is 0 Å². The second kappa shape index (κ2) is 3.72. The SMILES string of the molecule is Cc1ccc(-c2nccnc2Cl)nc1. The molecule has 0 aromatic carbocycles. The van der Waals surface area contributed by atoms with Gasteiger partial charge in [0.2, 0.25) is 0 Å². The molecule has 0 bridgehead atoms. The minimum absolute atomic E-state index is 0.379. The van der Waals surface area contributed by atoms with Crippen LogP contribution < -0.4 is 0 Å². The largest absolute Gasteiger partial charge is 0.254 e. The molecule has 2 aromatic heterocycles. The summed E-state index contributed by atoms with van der Waals surface area (Å²) in [7, 11) is 0. The first-order valence-corrected chi connectivity index (χ1v) is 4.55. The molecule has 0 aliphatic heterocycles. The van der Waals surface area contributed by atoms with Crippen LogP contribution >= 0.6 is 11.6 Å². The quantitative estimate of drug-likeness (QED) is 0.718. The summed E-state index contributed by atoms with van der Waals surface area (Å²) in [5, 5.41) is 0.379. The van der Waals surface area contributed by atoms with Crippen LogP contribution in [0.1, 0.15) is 5.56 Å². The van der Waals surface area contributed by atoms with Crippen LogP contribution in [0.2, 0.25) is 5.15 Å². The molecule has 0 N–H and O–H groups in total. The van der Waals surface area contributed by atoms with E-state index in [9.17, 15) is 0 Å². The van der Waals surface area contributed by atoms with Crippen LogP contribution in [0.5, 0.6) is 0 Å². The van der Waals surface area contributed by atoms with Crippen molar-refractivity contribution in [3.63, 3.8) is 0 Å². The molecule has 2 rings (SSSR count). The average Bonchev–Trinajstić information content (AvgIpc) is 2.20. The molecule has 0 atom stereocenters. The highest BCUT2D eigenvalue weighted by atomic mass is 35.5. The molecule has 2 aromatic rings. The number of halogens is 1. The van der Waals surface area contributed by atoms with Crippen LogP contribution in [0.15, 0.2) is 30.7 Å². The second-order valence-electron chi connectivity index (χ2n) is 2.92. The Bertz CT molecular complexity index is 439. The van der Waals surface area contributed by atoms with Gasteiger partial charge in [-0.05, 0) is 18.6 Å². The average molecular weight is 206 g/mol. The van der Waals surface area contributed by atoms with Gasteiger partial charge in [0.05, 0.1) is 5.69 Å². The van der Waals surface area contributed by atoms with Gasteiger partial charge in [-0.1, -0.05) is 17.7 Å². The first kappa shape index (κ1) is 9.09.